The van der Waals surface area contributed by atoms with E-state index in [9.17, 15) is 4.79 Å². The van der Waals surface area contributed by atoms with Crippen LogP contribution in [0.4, 0.5) is 0 Å². The van der Waals surface area contributed by atoms with Gasteiger partial charge in [0, 0.05) is 0 Å². The predicted molar refractivity (Wildman–Crippen MR) is 44.3 cm³/mol. The van der Waals surface area contributed by atoms with Gasteiger partial charge in [0.1, 0.15) is 12.6 Å². The highest BCUT2D eigenvalue weighted by Gasteiger charge is 2.15. The summed E-state index contributed by atoms with van der Waals surface area (Å²) in [6.07, 6.45) is 1.56. The second-order valence-corrected chi connectivity index (χ2v) is 2.56. The van der Waals surface area contributed by atoms with Crippen molar-refractivity contribution in [1.29, 1.82) is 0 Å². The van der Waals surface area contributed by atoms with Gasteiger partial charge in [-0.1, -0.05) is 12.7 Å². The molecule has 64 valence electrons. The average molecular weight is 157 g/mol. The van der Waals surface area contributed by atoms with E-state index in [2.05, 4.69) is 6.58 Å². The molecule has 0 aromatic heterocycles. The monoisotopic (exact) mass is 157 g/mol. The molecule has 0 bridgehead atoms. The van der Waals surface area contributed by atoms with E-state index in [1.54, 1.807) is 17.9 Å². The first kappa shape index (κ1) is 10.2. The van der Waals surface area contributed by atoms with Crippen LogP contribution >= 0.6 is 0 Å². The SMILES string of the molecule is C=CCOC(=O)C(C)N(C)C. The molecule has 11 heavy (non-hydrogen) atoms. The van der Waals surface area contributed by atoms with E-state index in [0.29, 0.717) is 0 Å². The Morgan fingerprint density at radius 3 is 2.64 bits per heavy atom. The molecule has 0 N–H and O–H groups in total. The molecule has 3 heteroatoms. The second-order valence-electron chi connectivity index (χ2n) is 2.56. The number of rotatable bonds is 4. The van der Waals surface area contributed by atoms with Crippen LogP contribution in [0.15, 0.2) is 12.7 Å². The summed E-state index contributed by atoms with van der Waals surface area (Å²) in [5.41, 5.74) is 0. The highest BCUT2D eigenvalue weighted by atomic mass is 16.5. The van der Waals surface area contributed by atoms with E-state index in [1.165, 1.54) is 0 Å². The molecule has 0 spiro atoms. The summed E-state index contributed by atoms with van der Waals surface area (Å²) < 4.78 is 4.82. The summed E-state index contributed by atoms with van der Waals surface area (Å²) in [5, 5.41) is 0. The number of esters is 1. The average Bonchev–Trinajstić information content (AvgIpc) is 1.98. The first-order valence-corrected chi connectivity index (χ1v) is 3.53. The van der Waals surface area contributed by atoms with Crippen LogP contribution in [0.3, 0.4) is 0 Å². The fourth-order valence-electron chi connectivity index (χ4n) is 0.472. The molecule has 0 aliphatic heterocycles. The third-order valence-electron chi connectivity index (χ3n) is 1.46. The molecule has 0 fully saturated rings. The van der Waals surface area contributed by atoms with Gasteiger partial charge >= 0.3 is 5.97 Å². The Morgan fingerprint density at radius 2 is 2.27 bits per heavy atom. The van der Waals surface area contributed by atoms with Crippen LogP contribution < -0.4 is 0 Å². The fourth-order valence-corrected chi connectivity index (χ4v) is 0.472. The van der Waals surface area contributed by atoms with Gasteiger partial charge in [-0.2, -0.15) is 0 Å². The lowest BCUT2D eigenvalue weighted by atomic mass is 10.3. The molecule has 0 rings (SSSR count). The van der Waals surface area contributed by atoms with Crippen molar-refractivity contribution in [3.63, 3.8) is 0 Å². The summed E-state index contributed by atoms with van der Waals surface area (Å²) in [7, 11) is 3.67. The highest BCUT2D eigenvalue weighted by molar-refractivity contribution is 5.75. The van der Waals surface area contributed by atoms with E-state index < -0.39 is 0 Å². The molecule has 0 amide bonds. The van der Waals surface area contributed by atoms with Crippen molar-refractivity contribution in [1.82, 2.24) is 4.90 Å². The van der Waals surface area contributed by atoms with Gasteiger partial charge in [0.25, 0.3) is 0 Å². The molecule has 0 saturated carbocycles. The third kappa shape index (κ3) is 3.78. The predicted octanol–water partition coefficient (Wildman–Crippen LogP) is 0.666. The van der Waals surface area contributed by atoms with Crippen molar-refractivity contribution < 1.29 is 9.53 Å². The number of likely N-dealkylation sites (N-methyl/N-ethyl adjacent to an activating group) is 1. The molecule has 1 unspecified atom stereocenters. The maximum absolute atomic E-state index is 11.0. The lowest BCUT2D eigenvalue weighted by Crippen LogP contribution is -2.34. The zero-order valence-electron chi connectivity index (χ0n) is 7.33. The Labute approximate surface area is 67.6 Å². The van der Waals surface area contributed by atoms with Crippen molar-refractivity contribution in [2.75, 3.05) is 20.7 Å². The van der Waals surface area contributed by atoms with Crippen molar-refractivity contribution in [3.05, 3.63) is 12.7 Å². The van der Waals surface area contributed by atoms with E-state index in [0.717, 1.165) is 0 Å². The van der Waals surface area contributed by atoms with Crippen LogP contribution in [0.25, 0.3) is 0 Å². The Kier molecular flexibility index (Phi) is 4.54. The van der Waals surface area contributed by atoms with E-state index in [-0.39, 0.29) is 18.6 Å². The Bertz CT molecular complexity index is 143. The quantitative estimate of drug-likeness (QED) is 0.443. The molecule has 0 aliphatic carbocycles. The standard InChI is InChI=1S/C8H15NO2/c1-5-6-11-8(10)7(2)9(3)4/h5,7H,1,6H2,2-4H3. The molecule has 1 atom stereocenters. The van der Waals surface area contributed by atoms with Crippen LogP contribution in [0.2, 0.25) is 0 Å². The van der Waals surface area contributed by atoms with Gasteiger partial charge in [0.15, 0.2) is 0 Å². The first-order chi connectivity index (χ1) is 5.09. The lowest BCUT2D eigenvalue weighted by Gasteiger charge is -2.17. The smallest absolute Gasteiger partial charge is 0.323 e. The summed E-state index contributed by atoms with van der Waals surface area (Å²) in [5.74, 6) is -0.213. The summed E-state index contributed by atoms with van der Waals surface area (Å²) in [6.45, 7) is 5.53. The Hall–Kier alpha value is -0.830. The number of ether oxygens (including phenoxy) is 1. The highest BCUT2D eigenvalue weighted by Crippen LogP contribution is 1.94. The van der Waals surface area contributed by atoms with E-state index in [4.69, 9.17) is 4.74 Å². The molecule has 0 aromatic rings. The number of nitrogens with zero attached hydrogens (tertiary/aromatic N) is 1. The van der Waals surface area contributed by atoms with Crippen molar-refractivity contribution in [3.8, 4) is 0 Å². The maximum atomic E-state index is 11.0. The van der Waals surface area contributed by atoms with Crippen LogP contribution in [-0.4, -0.2) is 37.6 Å². The topological polar surface area (TPSA) is 29.5 Å². The van der Waals surface area contributed by atoms with Gasteiger partial charge in [0.2, 0.25) is 0 Å². The second kappa shape index (κ2) is 4.91. The molecular formula is C8H15NO2. The maximum Gasteiger partial charge on any atom is 0.323 e. The Balaban J connectivity index is 3.73. The fraction of sp³-hybridized carbons (Fsp3) is 0.625. The summed E-state index contributed by atoms with van der Waals surface area (Å²) >= 11 is 0. The zero-order chi connectivity index (χ0) is 8.85. The molecule has 0 heterocycles. The number of hydrogen-bond acceptors (Lipinski definition) is 3. The van der Waals surface area contributed by atoms with E-state index >= 15 is 0 Å². The van der Waals surface area contributed by atoms with Crippen LogP contribution in [0.1, 0.15) is 6.92 Å². The summed E-state index contributed by atoms with van der Waals surface area (Å²) in [4.78, 5) is 12.8. The van der Waals surface area contributed by atoms with Gasteiger partial charge in [-0.3, -0.25) is 9.69 Å². The Morgan fingerprint density at radius 1 is 1.73 bits per heavy atom. The van der Waals surface area contributed by atoms with Gasteiger partial charge in [-0.05, 0) is 21.0 Å². The summed E-state index contributed by atoms with van der Waals surface area (Å²) in [6, 6.07) is -0.185. The van der Waals surface area contributed by atoms with Gasteiger partial charge < -0.3 is 4.74 Å². The third-order valence-corrected chi connectivity index (χ3v) is 1.46. The van der Waals surface area contributed by atoms with Gasteiger partial charge in [-0.25, -0.2) is 0 Å². The number of hydrogen-bond donors (Lipinski definition) is 0. The molecule has 0 radical (unpaired) electrons. The molecule has 0 saturated heterocycles. The van der Waals surface area contributed by atoms with Crippen LogP contribution in [0.5, 0.6) is 0 Å². The van der Waals surface area contributed by atoms with Crippen molar-refractivity contribution in [2.24, 2.45) is 0 Å². The largest absolute Gasteiger partial charge is 0.460 e. The van der Waals surface area contributed by atoms with Crippen molar-refractivity contribution in [2.45, 2.75) is 13.0 Å². The lowest BCUT2D eigenvalue weighted by molar-refractivity contribution is -0.147. The number of carbonyl (C=O) groups excluding carboxylic acids is 1. The minimum Gasteiger partial charge on any atom is -0.460 e. The molecular weight excluding hydrogens is 142 g/mol. The number of carbonyl (C=O) groups is 1. The molecule has 0 aliphatic rings. The molecule has 3 nitrogen and oxygen atoms in total. The van der Waals surface area contributed by atoms with Crippen LogP contribution in [-0.2, 0) is 9.53 Å². The van der Waals surface area contributed by atoms with Crippen LogP contribution in [0, 0.1) is 0 Å². The first-order valence-electron chi connectivity index (χ1n) is 3.53. The van der Waals surface area contributed by atoms with Crippen molar-refractivity contribution >= 4 is 5.97 Å². The van der Waals surface area contributed by atoms with Gasteiger partial charge in [-0.15, -0.1) is 0 Å². The van der Waals surface area contributed by atoms with E-state index in [1.807, 2.05) is 14.1 Å². The minimum absolute atomic E-state index is 0.185. The normalized spacial score (nSPS) is 12.7. The molecule has 0 aromatic carbocycles. The minimum atomic E-state index is -0.213. The zero-order valence-corrected chi connectivity index (χ0v) is 7.33. The van der Waals surface area contributed by atoms with Gasteiger partial charge in [0.05, 0.1) is 0 Å².